The number of aryl methyl sites for hydroxylation is 1. The Morgan fingerprint density at radius 2 is 1.69 bits per heavy atom. The molecule has 1 amide bonds. The van der Waals surface area contributed by atoms with Crippen LogP contribution in [0.25, 0.3) is 0 Å². The van der Waals surface area contributed by atoms with Gasteiger partial charge in [0.2, 0.25) is 0 Å². The molecule has 2 aromatic carbocycles. The second-order valence-corrected chi connectivity index (χ2v) is 8.86. The van der Waals surface area contributed by atoms with Crippen molar-refractivity contribution in [1.82, 2.24) is 4.90 Å². The van der Waals surface area contributed by atoms with Gasteiger partial charge in [0.1, 0.15) is 5.54 Å². The molecular weight excluding hydrogens is 437 g/mol. The molecule has 0 saturated carbocycles. The Kier molecular flexibility index (Phi) is 5.63. The lowest BCUT2D eigenvalue weighted by atomic mass is 9.85. The Morgan fingerprint density at radius 3 is 2.25 bits per heavy atom. The van der Waals surface area contributed by atoms with E-state index in [1.54, 1.807) is 6.07 Å². The summed E-state index contributed by atoms with van der Waals surface area (Å²) in [6.07, 6.45) is -3.64. The van der Waals surface area contributed by atoms with Gasteiger partial charge in [0.25, 0.3) is 5.91 Å². The fraction of sp³-hybridized carbons (Fsp3) is 0.391. The van der Waals surface area contributed by atoms with Gasteiger partial charge in [-0.05, 0) is 57.1 Å². The van der Waals surface area contributed by atoms with E-state index in [4.69, 9.17) is 17.9 Å². The number of nitrogens with zero attached hydrogens (tertiary/aromatic N) is 4. The second-order valence-electron chi connectivity index (χ2n) is 8.40. The number of likely N-dealkylation sites (tertiary alicyclic amines) is 1. The summed E-state index contributed by atoms with van der Waals surface area (Å²) >= 11 is 4.72. The fourth-order valence-corrected chi connectivity index (χ4v) is 5.15. The first-order valence-corrected chi connectivity index (χ1v) is 10.8. The van der Waals surface area contributed by atoms with Gasteiger partial charge >= 0.3 is 6.18 Å². The summed E-state index contributed by atoms with van der Waals surface area (Å²) in [4.78, 5) is 19.2. The van der Waals surface area contributed by atoms with Gasteiger partial charge in [-0.25, -0.2) is 0 Å². The Balaban J connectivity index is 1.84. The molecule has 0 bridgehead atoms. The molecule has 2 heterocycles. The van der Waals surface area contributed by atoms with E-state index in [0.29, 0.717) is 25.9 Å². The van der Waals surface area contributed by atoms with Gasteiger partial charge in [-0.15, -0.1) is 12.6 Å². The Hall–Kier alpha value is -2.70. The van der Waals surface area contributed by atoms with E-state index in [1.165, 1.54) is 11.0 Å². The quantitative estimate of drug-likeness (QED) is 0.675. The van der Waals surface area contributed by atoms with Crippen molar-refractivity contribution in [1.29, 1.82) is 5.26 Å². The molecule has 2 aromatic rings. The molecule has 2 fully saturated rings. The molecule has 0 radical (unpaired) electrons. The van der Waals surface area contributed by atoms with Gasteiger partial charge in [0.15, 0.2) is 5.50 Å². The lowest BCUT2D eigenvalue weighted by Crippen LogP contribution is -2.56. The monoisotopic (exact) mass is 460 g/mol. The van der Waals surface area contributed by atoms with Crippen molar-refractivity contribution in [2.24, 2.45) is 0 Å². The second kappa shape index (κ2) is 8.01. The summed E-state index contributed by atoms with van der Waals surface area (Å²) in [5.41, 5.74) is -1.30. The third kappa shape index (κ3) is 3.61. The molecular formula is C23H23F3N4OS. The number of alkyl halides is 3. The lowest BCUT2D eigenvalue weighted by Gasteiger charge is -2.43. The summed E-state index contributed by atoms with van der Waals surface area (Å²) < 4.78 is 40.7. The standard InChI is InChI=1S/C23H23F3N4OS/c1-15-3-6-17(7-4-15)30-21(32)29(20(31)22(30)9-11-28(2)12-10-22)18-8-5-16(14-27)19(13-18)23(24,25)26/h3-8,13,21,32H,9-12H2,1-2H3. The van der Waals surface area contributed by atoms with Crippen LogP contribution in [0, 0.1) is 18.3 Å². The summed E-state index contributed by atoms with van der Waals surface area (Å²) in [7, 11) is 1.98. The maximum Gasteiger partial charge on any atom is 0.417 e. The van der Waals surface area contributed by atoms with Crippen molar-refractivity contribution < 1.29 is 18.0 Å². The number of rotatable bonds is 2. The lowest BCUT2D eigenvalue weighted by molar-refractivity contribution is -0.137. The van der Waals surface area contributed by atoms with Crippen LogP contribution in [0.3, 0.4) is 0 Å². The van der Waals surface area contributed by atoms with Crippen LogP contribution in [0.1, 0.15) is 29.5 Å². The maximum atomic E-state index is 13.8. The number of halogens is 3. The molecule has 2 aliphatic rings. The number of hydrogen-bond acceptors (Lipinski definition) is 5. The maximum absolute atomic E-state index is 13.8. The van der Waals surface area contributed by atoms with Crippen molar-refractivity contribution in [2.75, 3.05) is 29.9 Å². The largest absolute Gasteiger partial charge is 0.417 e. The Labute approximate surface area is 190 Å². The molecule has 0 aliphatic carbocycles. The van der Waals surface area contributed by atoms with E-state index in [2.05, 4.69) is 4.90 Å². The highest BCUT2D eigenvalue weighted by molar-refractivity contribution is 7.81. The molecule has 32 heavy (non-hydrogen) atoms. The fourth-order valence-electron chi connectivity index (χ4n) is 4.56. The van der Waals surface area contributed by atoms with Crippen LogP contribution < -0.4 is 9.80 Å². The van der Waals surface area contributed by atoms with Crippen LogP contribution in [0.2, 0.25) is 0 Å². The van der Waals surface area contributed by atoms with E-state index in [0.717, 1.165) is 23.4 Å². The first-order chi connectivity index (χ1) is 15.1. The van der Waals surface area contributed by atoms with Crippen LogP contribution in [0.15, 0.2) is 42.5 Å². The molecule has 4 rings (SSSR count). The number of carbonyl (C=O) groups is 1. The number of benzene rings is 2. The smallest absolute Gasteiger partial charge is 0.327 e. The van der Waals surface area contributed by atoms with Crippen LogP contribution in [-0.2, 0) is 11.0 Å². The zero-order valence-electron chi connectivity index (χ0n) is 17.7. The van der Waals surface area contributed by atoms with Crippen LogP contribution in [0.4, 0.5) is 24.5 Å². The number of anilines is 2. The van der Waals surface area contributed by atoms with E-state index >= 15 is 0 Å². The summed E-state index contributed by atoms with van der Waals surface area (Å²) in [5, 5.41) is 9.12. The zero-order valence-corrected chi connectivity index (χ0v) is 18.6. The van der Waals surface area contributed by atoms with Crippen LogP contribution in [-0.4, -0.2) is 42.0 Å². The molecule has 1 atom stereocenters. The molecule has 5 nitrogen and oxygen atoms in total. The van der Waals surface area contributed by atoms with Gasteiger partial charge in [0, 0.05) is 24.5 Å². The van der Waals surface area contributed by atoms with E-state index < -0.39 is 28.3 Å². The highest BCUT2D eigenvalue weighted by Gasteiger charge is 2.57. The number of piperidine rings is 1. The molecule has 1 unspecified atom stereocenters. The topological polar surface area (TPSA) is 50.6 Å². The molecule has 2 saturated heterocycles. The average Bonchev–Trinajstić information content (AvgIpc) is 2.96. The third-order valence-corrected chi connectivity index (χ3v) is 6.84. The minimum Gasteiger partial charge on any atom is -0.327 e. The van der Waals surface area contributed by atoms with E-state index in [1.807, 2.05) is 43.1 Å². The van der Waals surface area contributed by atoms with E-state index in [9.17, 15) is 18.0 Å². The van der Waals surface area contributed by atoms with Gasteiger partial charge in [0.05, 0.1) is 17.2 Å². The van der Waals surface area contributed by atoms with Crippen molar-refractivity contribution in [3.8, 4) is 6.07 Å². The van der Waals surface area contributed by atoms with Crippen molar-refractivity contribution in [3.05, 3.63) is 59.2 Å². The molecule has 168 valence electrons. The average molecular weight is 461 g/mol. The minimum absolute atomic E-state index is 0.0780. The molecule has 9 heteroatoms. The van der Waals surface area contributed by atoms with Crippen LogP contribution in [0.5, 0.6) is 0 Å². The Bertz CT molecular complexity index is 1070. The van der Waals surface area contributed by atoms with E-state index in [-0.39, 0.29) is 11.6 Å². The van der Waals surface area contributed by atoms with Crippen molar-refractivity contribution in [3.63, 3.8) is 0 Å². The van der Waals surface area contributed by atoms with Crippen molar-refractivity contribution >= 4 is 29.9 Å². The molecule has 2 aliphatic heterocycles. The Morgan fingerprint density at radius 1 is 1.09 bits per heavy atom. The number of hydrogen-bond donors (Lipinski definition) is 1. The molecule has 0 N–H and O–H groups in total. The first kappa shape index (κ1) is 22.5. The number of nitriles is 1. The number of thiol groups is 1. The highest BCUT2D eigenvalue weighted by atomic mass is 32.1. The summed E-state index contributed by atoms with van der Waals surface area (Å²) in [6, 6.07) is 12.7. The normalized spacial score (nSPS) is 21.3. The first-order valence-electron chi connectivity index (χ1n) is 10.3. The SMILES string of the molecule is Cc1ccc(N2C(S)N(c3ccc(C#N)c(C(F)(F)F)c3)C(=O)C23CCN(C)CC3)cc1. The minimum atomic E-state index is -4.71. The number of carbonyl (C=O) groups excluding carboxylic acids is 1. The van der Waals surface area contributed by atoms with Crippen molar-refractivity contribution in [2.45, 2.75) is 37.0 Å². The zero-order chi connectivity index (χ0) is 23.3. The van der Waals surface area contributed by atoms with Gasteiger partial charge in [-0.3, -0.25) is 9.69 Å². The third-order valence-electron chi connectivity index (χ3n) is 6.37. The predicted octanol–water partition coefficient (Wildman–Crippen LogP) is 4.42. The number of amides is 1. The molecule has 0 aromatic heterocycles. The van der Waals surface area contributed by atoms with Crippen LogP contribution >= 0.6 is 12.6 Å². The summed E-state index contributed by atoms with van der Waals surface area (Å²) in [5.74, 6) is -0.274. The van der Waals surface area contributed by atoms with Gasteiger partial charge in [-0.1, -0.05) is 17.7 Å². The van der Waals surface area contributed by atoms with Gasteiger partial charge < -0.3 is 9.80 Å². The molecule has 1 spiro atoms. The highest BCUT2D eigenvalue weighted by Crippen LogP contribution is 2.46. The predicted molar refractivity (Wildman–Crippen MR) is 120 cm³/mol. The van der Waals surface area contributed by atoms with Gasteiger partial charge in [-0.2, -0.15) is 18.4 Å². The summed E-state index contributed by atoms with van der Waals surface area (Å²) in [6.45, 7) is 3.33.